The summed E-state index contributed by atoms with van der Waals surface area (Å²) in [6.45, 7) is 9.61. The molecule has 0 heterocycles. The molecule has 0 saturated heterocycles. The Morgan fingerprint density at radius 2 is 1.57 bits per heavy atom. The Morgan fingerprint density at radius 3 is 2.17 bits per heavy atom. The van der Waals surface area contributed by atoms with Gasteiger partial charge in [0.2, 0.25) is 5.91 Å². The van der Waals surface area contributed by atoms with Crippen molar-refractivity contribution in [2.75, 3.05) is 10.6 Å². The Hall–Kier alpha value is -3.35. The second kappa shape index (κ2) is 9.91. The number of hydrogen-bond donors (Lipinski definition) is 4. The van der Waals surface area contributed by atoms with Crippen molar-refractivity contribution in [2.24, 2.45) is 5.41 Å². The molecule has 7 heteroatoms. The first-order valence-electron chi connectivity index (χ1n) is 9.91. The lowest BCUT2D eigenvalue weighted by atomic mass is 9.95. The van der Waals surface area contributed by atoms with E-state index in [1.165, 1.54) is 0 Å². The topological polar surface area (TPSA) is 99.3 Å². The van der Waals surface area contributed by atoms with E-state index in [2.05, 4.69) is 21.3 Å². The van der Waals surface area contributed by atoms with Crippen LogP contribution in [-0.2, 0) is 11.3 Å². The molecule has 2 rings (SSSR count). The van der Waals surface area contributed by atoms with Gasteiger partial charge >= 0.3 is 6.03 Å². The Morgan fingerprint density at radius 1 is 0.900 bits per heavy atom. The Kier molecular flexibility index (Phi) is 7.58. The van der Waals surface area contributed by atoms with Crippen molar-refractivity contribution in [3.8, 4) is 0 Å². The van der Waals surface area contributed by atoms with Gasteiger partial charge in [-0.2, -0.15) is 0 Å². The van der Waals surface area contributed by atoms with E-state index in [1.54, 1.807) is 36.4 Å². The molecule has 0 aliphatic carbocycles. The van der Waals surface area contributed by atoms with Gasteiger partial charge < -0.3 is 21.3 Å². The highest BCUT2D eigenvalue weighted by molar-refractivity contribution is 5.98. The highest BCUT2D eigenvalue weighted by Gasteiger charge is 2.21. The van der Waals surface area contributed by atoms with Gasteiger partial charge in [-0.05, 0) is 49.7 Å². The molecule has 0 radical (unpaired) electrons. The van der Waals surface area contributed by atoms with Gasteiger partial charge in [0.15, 0.2) is 0 Å². The summed E-state index contributed by atoms with van der Waals surface area (Å²) in [5.41, 5.74) is 2.10. The molecule has 2 aromatic carbocycles. The summed E-state index contributed by atoms with van der Waals surface area (Å²) in [4.78, 5) is 36.3. The predicted octanol–water partition coefficient (Wildman–Crippen LogP) is 4.13. The summed E-state index contributed by atoms with van der Waals surface area (Å²) >= 11 is 0. The van der Waals surface area contributed by atoms with Crippen LogP contribution in [0.1, 0.15) is 50.5 Å². The molecular formula is C23H30N4O3. The van der Waals surface area contributed by atoms with Crippen LogP contribution in [-0.4, -0.2) is 23.9 Å². The summed E-state index contributed by atoms with van der Waals surface area (Å²) in [6.07, 6.45) is 0. The average Bonchev–Trinajstić information content (AvgIpc) is 2.66. The first-order chi connectivity index (χ1) is 14.0. The Bertz CT molecular complexity index is 899. The zero-order valence-electron chi connectivity index (χ0n) is 18.1. The summed E-state index contributed by atoms with van der Waals surface area (Å²) in [5.74, 6) is -0.351. The first-order valence-corrected chi connectivity index (χ1v) is 9.91. The SMILES string of the molecule is CC(C)NC(=O)Nc1ccc(CNC(=O)c2cccc(NC(=O)C(C)(C)C)c2)cc1. The van der Waals surface area contributed by atoms with Gasteiger partial charge in [0.05, 0.1) is 0 Å². The quantitative estimate of drug-likeness (QED) is 0.576. The van der Waals surface area contributed by atoms with Crippen LogP contribution in [0.15, 0.2) is 48.5 Å². The van der Waals surface area contributed by atoms with Crippen molar-refractivity contribution < 1.29 is 14.4 Å². The van der Waals surface area contributed by atoms with E-state index in [0.717, 1.165) is 5.56 Å². The molecule has 160 valence electrons. The standard InChI is InChI=1S/C23H30N4O3/c1-15(2)25-22(30)27-18-11-9-16(10-12-18)14-24-20(28)17-7-6-8-19(13-17)26-21(29)23(3,4)5/h6-13,15H,14H2,1-5H3,(H,24,28)(H,26,29)(H2,25,27,30). The van der Waals surface area contributed by atoms with Crippen molar-refractivity contribution >= 4 is 29.2 Å². The zero-order chi connectivity index (χ0) is 22.3. The van der Waals surface area contributed by atoms with Crippen LogP contribution in [0, 0.1) is 5.41 Å². The van der Waals surface area contributed by atoms with Crippen molar-refractivity contribution in [2.45, 2.75) is 47.2 Å². The second-order valence-electron chi connectivity index (χ2n) is 8.42. The molecule has 0 aliphatic heterocycles. The van der Waals surface area contributed by atoms with Crippen LogP contribution in [0.3, 0.4) is 0 Å². The van der Waals surface area contributed by atoms with E-state index in [1.807, 2.05) is 46.8 Å². The highest BCUT2D eigenvalue weighted by atomic mass is 16.2. The first kappa shape index (κ1) is 22.9. The molecule has 0 aromatic heterocycles. The number of amides is 4. The molecule has 30 heavy (non-hydrogen) atoms. The minimum atomic E-state index is -0.519. The highest BCUT2D eigenvalue weighted by Crippen LogP contribution is 2.18. The van der Waals surface area contributed by atoms with E-state index >= 15 is 0 Å². The largest absolute Gasteiger partial charge is 0.348 e. The number of hydrogen-bond acceptors (Lipinski definition) is 3. The third-order valence-electron chi connectivity index (χ3n) is 4.15. The van der Waals surface area contributed by atoms with Gasteiger partial charge in [0, 0.05) is 34.9 Å². The Balaban J connectivity index is 1.92. The smallest absolute Gasteiger partial charge is 0.319 e. The predicted molar refractivity (Wildman–Crippen MR) is 119 cm³/mol. The summed E-state index contributed by atoms with van der Waals surface area (Å²) in [7, 11) is 0. The molecule has 0 atom stereocenters. The number of benzene rings is 2. The summed E-state index contributed by atoms with van der Waals surface area (Å²) in [5, 5.41) is 11.2. The maximum absolute atomic E-state index is 12.5. The molecule has 4 N–H and O–H groups in total. The molecule has 4 amide bonds. The minimum Gasteiger partial charge on any atom is -0.348 e. The normalized spacial score (nSPS) is 11.0. The van der Waals surface area contributed by atoms with Gasteiger partial charge in [-0.1, -0.05) is 39.0 Å². The lowest BCUT2D eigenvalue weighted by molar-refractivity contribution is -0.123. The molecule has 0 unspecified atom stereocenters. The number of urea groups is 1. The van der Waals surface area contributed by atoms with Crippen molar-refractivity contribution in [1.82, 2.24) is 10.6 Å². The van der Waals surface area contributed by atoms with Crippen LogP contribution in [0.4, 0.5) is 16.2 Å². The maximum atomic E-state index is 12.5. The number of nitrogens with one attached hydrogen (secondary N) is 4. The molecule has 0 fully saturated rings. The van der Waals surface area contributed by atoms with Gasteiger partial charge in [-0.15, -0.1) is 0 Å². The van der Waals surface area contributed by atoms with Crippen molar-refractivity contribution in [3.05, 3.63) is 59.7 Å². The lowest BCUT2D eigenvalue weighted by Gasteiger charge is -2.18. The zero-order valence-corrected chi connectivity index (χ0v) is 18.1. The fraction of sp³-hybridized carbons (Fsp3) is 0.348. The molecule has 0 spiro atoms. The molecule has 2 aromatic rings. The summed E-state index contributed by atoms with van der Waals surface area (Å²) < 4.78 is 0. The maximum Gasteiger partial charge on any atom is 0.319 e. The van der Waals surface area contributed by atoms with E-state index in [-0.39, 0.29) is 23.9 Å². The molecule has 0 bridgehead atoms. The van der Waals surface area contributed by atoms with Crippen LogP contribution in [0.5, 0.6) is 0 Å². The van der Waals surface area contributed by atoms with E-state index in [4.69, 9.17) is 0 Å². The van der Waals surface area contributed by atoms with Crippen LogP contribution < -0.4 is 21.3 Å². The second-order valence-corrected chi connectivity index (χ2v) is 8.42. The lowest BCUT2D eigenvalue weighted by Crippen LogP contribution is -2.34. The van der Waals surface area contributed by atoms with Gasteiger partial charge in [-0.25, -0.2) is 4.79 Å². The minimum absolute atomic E-state index is 0.0553. The van der Waals surface area contributed by atoms with Gasteiger partial charge in [0.25, 0.3) is 5.91 Å². The molecule has 0 aliphatic rings. The molecular weight excluding hydrogens is 380 g/mol. The van der Waals surface area contributed by atoms with Crippen molar-refractivity contribution in [3.63, 3.8) is 0 Å². The average molecular weight is 411 g/mol. The van der Waals surface area contributed by atoms with E-state index in [0.29, 0.717) is 23.5 Å². The Labute approximate surface area is 177 Å². The van der Waals surface area contributed by atoms with Crippen LogP contribution in [0.25, 0.3) is 0 Å². The van der Waals surface area contributed by atoms with Crippen molar-refractivity contribution in [1.29, 1.82) is 0 Å². The number of anilines is 2. The van der Waals surface area contributed by atoms with Gasteiger partial charge in [0.1, 0.15) is 0 Å². The summed E-state index contributed by atoms with van der Waals surface area (Å²) in [6, 6.07) is 13.9. The van der Waals surface area contributed by atoms with E-state index in [9.17, 15) is 14.4 Å². The fourth-order valence-corrected chi connectivity index (χ4v) is 2.48. The van der Waals surface area contributed by atoms with Gasteiger partial charge in [-0.3, -0.25) is 9.59 Å². The van der Waals surface area contributed by atoms with Crippen LogP contribution >= 0.6 is 0 Å². The molecule has 0 saturated carbocycles. The molecule has 7 nitrogen and oxygen atoms in total. The fourth-order valence-electron chi connectivity index (χ4n) is 2.48. The monoisotopic (exact) mass is 410 g/mol. The number of carbonyl (C=O) groups excluding carboxylic acids is 3. The van der Waals surface area contributed by atoms with Crippen LogP contribution in [0.2, 0.25) is 0 Å². The third kappa shape index (κ3) is 7.24. The van der Waals surface area contributed by atoms with E-state index < -0.39 is 5.41 Å². The number of carbonyl (C=O) groups is 3. The third-order valence-corrected chi connectivity index (χ3v) is 4.15. The number of rotatable bonds is 6.